The number of ether oxygens (including phenoxy) is 2. The standard InChI is InChI=1S/C22H28N2O6/c1-14-6-4-7-15(2)24(14)19(25)13-30-22(28)16-8-9-17-18(12-16)21(27)23(20(17)26)10-5-11-29-3/h8-9,12,14-15H,4-7,10-11,13H2,1-3H3/t14-,15-/m1/s1. The van der Waals surface area contributed by atoms with Crippen molar-refractivity contribution in [3.63, 3.8) is 0 Å². The number of rotatable bonds is 7. The Bertz CT molecular complexity index is 842. The van der Waals surface area contributed by atoms with Crippen LogP contribution < -0.4 is 0 Å². The van der Waals surface area contributed by atoms with Crippen LogP contribution in [0.25, 0.3) is 0 Å². The summed E-state index contributed by atoms with van der Waals surface area (Å²) in [6.45, 7) is 4.34. The molecule has 1 fully saturated rings. The summed E-state index contributed by atoms with van der Waals surface area (Å²) in [5.74, 6) is -1.73. The van der Waals surface area contributed by atoms with Crippen molar-refractivity contribution in [3.05, 3.63) is 34.9 Å². The van der Waals surface area contributed by atoms with E-state index in [4.69, 9.17) is 9.47 Å². The number of fused-ring (bicyclic) bond motifs is 1. The highest BCUT2D eigenvalue weighted by Crippen LogP contribution is 2.25. The zero-order valence-electron chi connectivity index (χ0n) is 17.7. The lowest BCUT2D eigenvalue weighted by molar-refractivity contribution is -0.140. The summed E-state index contributed by atoms with van der Waals surface area (Å²) in [6.07, 6.45) is 3.49. The fraction of sp³-hybridized carbons (Fsp3) is 0.545. The van der Waals surface area contributed by atoms with E-state index in [9.17, 15) is 19.2 Å². The van der Waals surface area contributed by atoms with Gasteiger partial charge in [0.2, 0.25) is 0 Å². The Morgan fingerprint density at radius 1 is 1.07 bits per heavy atom. The molecular weight excluding hydrogens is 388 g/mol. The molecule has 8 heteroatoms. The Labute approximate surface area is 176 Å². The van der Waals surface area contributed by atoms with Crippen LogP contribution in [0.1, 0.15) is 70.6 Å². The quantitative estimate of drug-likeness (QED) is 0.385. The number of methoxy groups -OCH3 is 1. The number of hydrogen-bond donors (Lipinski definition) is 0. The van der Waals surface area contributed by atoms with Crippen molar-refractivity contribution in [2.45, 2.75) is 51.6 Å². The number of piperidine rings is 1. The van der Waals surface area contributed by atoms with E-state index < -0.39 is 11.9 Å². The molecule has 0 bridgehead atoms. The number of carbonyl (C=O) groups excluding carboxylic acids is 4. The predicted molar refractivity (Wildman–Crippen MR) is 108 cm³/mol. The second kappa shape index (κ2) is 9.38. The molecule has 1 aromatic rings. The van der Waals surface area contributed by atoms with Gasteiger partial charge in [-0.1, -0.05) is 0 Å². The maximum absolute atomic E-state index is 12.6. The monoisotopic (exact) mass is 416 g/mol. The number of esters is 1. The molecule has 2 heterocycles. The van der Waals surface area contributed by atoms with E-state index in [-0.39, 0.29) is 53.7 Å². The minimum atomic E-state index is -0.693. The van der Waals surface area contributed by atoms with E-state index in [0.717, 1.165) is 24.2 Å². The minimum absolute atomic E-state index is 0.118. The Kier molecular flexibility index (Phi) is 6.87. The summed E-state index contributed by atoms with van der Waals surface area (Å²) in [4.78, 5) is 52.9. The van der Waals surface area contributed by atoms with Crippen molar-refractivity contribution in [1.82, 2.24) is 9.80 Å². The molecule has 1 saturated heterocycles. The van der Waals surface area contributed by atoms with Crippen LogP contribution in [0.5, 0.6) is 0 Å². The first-order valence-corrected chi connectivity index (χ1v) is 10.3. The van der Waals surface area contributed by atoms with Gasteiger partial charge in [-0.25, -0.2) is 4.79 Å². The maximum atomic E-state index is 12.6. The molecule has 0 unspecified atom stereocenters. The third-order valence-corrected chi connectivity index (χ3v) is 5.74. The molecule has 0 saturated carbocycles. The molecule has 30 heavy (non-hydrogen) atoms. The van der Waals surface area contributed by atoms with Gasteiger partial charge in [0.15, 0.2) is 6.61 Å². The van der Waals surface area contributed by atoms with Gasteiger partial charge < -0.3 is 14.4 Å². The van der Waals surface area contributed by atoms with Crippen LogP contribution in [0.3, 0.4) is 0 Å². The van der Waals surface area contributed by atoms with Gasteiger partial charge in [-0.2, -0.15) is 0 Å². The number of carbonyl (C=O) groups is 4. The molecule has 1 aromatic carbocycles. The SMILES string of the molecule is COCCCN1C(=O)c2ccc(C(=O)OCC(=O)N3[C@H](C)CCC[C@H]3C)cc2C1=O. The first-order valence-electron chi connectivity index (χ1n) is 10.3. The van der Waals surface area contributed by atoms with Gasteiger partial charge in [0.25, 0.3) is 17.7 Å². The van der Waals surface area contributed by atoms with Gasteiger partial charge in [0, 0.05) is 32.3 Å². The van der Waals surface area contributed by atoms with E-state index in [2.05, 4.69) is 0 Å². The van der Waals surface area contributed by atoms with Gasteiger partial charge in [0.05, 0.1) is 16.7 Å². The summed E-state index contributed by atoms with van der Waals surface area (Å²) in [6, 6.07) is 4.51. The van der Waals surface area contributed by atoms with E-state index in [1.807, 2.05) is 13.8 Å². The maximum Gasteiger partial charge on any atom is 0.338 e. The Morgan fingerprint density at radius 3 is 2.40 bits per heavy atom. The summed E-state index contributed by atoms with van der Waals surface area (Å²) in [7, 11) is 1.55. The Morgan fingerprint density at radius 2 is 1.73 bits per heavy atom. The van der Waals surface area contributed by atoms with Crippen molar-refractivity contribution in [1.29, 1.82) is 0 Å². The second-order valence-electron chi connectivity index (χ2n) is 7.87. The third kappa shape index (κ3) is 4.38. The number of imide groups is 1. The largest absolute Gasteiger partial charge is 0.452 e. The van der Waals surface area contributed by atoms with Crippen molar-refractivity contribution in [2.75, 3.05) is 26.9 Å². The molecule has 0 spiro atoms. The van der Waals surface area contributed by atoms with E-state index in [1.54, 1.807) is 12.0 Å². The predicted octanol–water partition coefficient (Wildman–Crippen LogP) is 2.27. The van der Waals surface area contributed by atoms with Crippen LogP contribution in [0, 0.1) is 0 Å². The van der Waals surface area contributed by atoms with Crippen molar-refractivity contribution in [2.24, 2.45) is 0 Å². The summed E-state index contributed by atoms with van der Waals surface area (Å²) in [5, 5.41) is 0. The average Bonchev–Trinajstić information content (AvgIpc) is 2.96. The lowest BCUT2D eigenvalue weighted by Crippen LogP contribution is -2.49. The molecule has 8 nitrogen and oxygen atoms in total. The molecule has 162 valence electrons. The number of benzene rings is 1. The van der Waals surface area contributed by atoms with Crippen LogP contribution in [0.4, 0.5) is 0 Å². The van der Waals surface area contributed by atoms with Gasteiger partial charge in [0.1, 0.15) is 0 Å². The highest BCUT2D eigenvalue weighted by Gasteiger charge is 2.36. The molecule has 0 aliphatic carbocycles. The minimum Gasteiger partial charge on any atom is -0.452 e. The van der Waals surface area contributed by atoms with Crippen LogP contribution in [-0.2, 0) is 14.3 Å². The molecule has 3 rings (SSSR count). The highest BCUT2D eigenvalue weighted by atomic mass is 16.5. The molecule has 2 aliphatic rings. The number of amides is 3. The Balaban J connectivity index is 1.64. The summed E-state index contributed by atoms with van der Waals surface area (Å²) in [5.41, 5.74) is 0.582. The lowest BCUT2D eigenvalue weighted by Gasteiger charge is -2.38. The third-order valence-electron chi connectivity index (χ3n) is 5.74. The first-order chi connectivity index (χ1) is 14.3. The Hall–Kier alpha value is -2.74. The number of likely N-dealkylation sites (tertiary alicyclic amines) is 1. The fourth-order valence-corrected chi connectivity index (χ4v) is 4.19. The van der Waals surface area contributed by atoms with Gasteiger partial charge in [-0.3, -0.25) is 19.3 Å². The van der Waals surface area contributed by atoms with Gasteiger partial charge in [-0.05, 0) is 57.7 Å². The van der Waals surface area contributed by atoms with Crippen molar-refractivity contribution >= 4 is 23.7 Å². The normalized spacial score (nSPS) is 21.0. The van der Waals surface area contributed by atoms with E-state index in [1.165, 1.54) is 18.2 Å². The van der Waals surface area contributed by atoms with Crippen LogP contribution in [-0.4, -0.2) is 72.4 Å². The molecule has 3 amide bonds. The average molecular weight is 416 g/mol. The van der Waals surface area contributed by atoms with Crippen molar-refractivity contribution in [3.8, 4) is 0 Å². The smallest absolute Gasteiger partial charge is 0.338 e. The van der Waals surface area contributed by atoms with E-state index >= 15 is 0 Å². The fourth-order valence-electron chi connectivity index (χ4n) is 4.19. The first kappa shape index (κ1) is 22.0. The number of nitrogens with zero attached hydrogens (tertiary/aromatic N) is 2. The van der Waals surface area contributed by atoms with Gasteiger partial charge in [-0.15, -0.1) is 0 Å². The topological polar surface area (TPSA) is 93.2 Å². The van der Waals surface area contributed by atoms with E-state index in [0.29, 0.717) is 13.0 Å². The van der Waals surface area contributed by atoms with Crippen molar-refractivity contribution < 1.29 is 28.7 Å². The molecule has 0 aromatic heterocycles. The van der Waals surface area contributed by atoms with Crippen LogP contribution >= 0.6 is 0 Å². The van der Waals surface area contributed by atoms with Crippen LogP contribution in [0.15, 0.2) is 18.2 Å². The molecule has 2 atom stereocenters. The summed E-state index contributed by atoms with van der Waals surface area (Å²) < 4.78 is 10.2. The molecule has 2 aliphatic heterocycles. The number of hydrogen-bond acceptors (Lipinski definition) is 6. The zero-order valence-corrected chi connectivity index (χ0v) is 17.7. The molecule has 0 radical (unpaired) electrons. The highest BCUT2D eigenvalue weighted by molar-refractivity contribution is 6.22. The van der Waals surface area contributed by atoms with Gasteiger partial charge >= 0.3 is 5.97 Å². The second-order valence-corrected chi connectivity index (χ2v) is 7.87. The lowest BCUT2D eigenvalue weighted by atomic mass is 9.97. The zero-order chi connectivity index (χ0) is 21.8. The summed E-state index contributed by atoms with van der Waals surface area (Å²) >= 11 is 0. The molecule has 0 N–H and O–H groups in total. The molecular formula is C22H28N2O6. The van der Waals surface area contributed by atoms with Crippen LogP contribution in [0.2, 0.25) is 0 Å².